The van der Waals surface area contributed by atoms with Crippen molar-refractivity contribution in [2.75, 3.05) is 20.3 Å². The first-order chi connectivity index (χ1) is 11.4. The van der Waals surface area contributed by atoms with Crippen LogP contribution in [0.3, 0.4) is 0 Å². The van der Waals surface area contributed by atoms with E-state index in [1.807, 2.05) is 26.8 Å². The van der Waals surface area contributed by atoms with Crippen molar-refractivity contribution in [3.63, 3.8) is 0 Å². The SMILES string of the molecule is COC(=O)c1cc(-c2[nH]c(C3(C)COC3)nc2C#N)c(C)cc1C. The van der Waals surface area contributed by atoms with E-state index in [1.54, 1.807) is 6.07 Å². The molecule has 0 unspecified atom stereocenters. The summed E-state index contributed by atoms with van der Waals surface area (Å²) >= 11 is 0. The molecule has 6 heteroatoms. The summed E-state index contributed by atoms with van der Waals surface area (Å²) < 4.78 is 10.1. The number of aryl methyl sites for hydroxylation is 2. The van der Waals surface area contributed by atoms with Gasteiger partial charge in [-0.25, -0.2) is 9.78 Å². The van der Waals surface area contributed by atoms with Gasteiger partial charge in [0.1, 0.15) is 11.9 Å². The maximum absolute atomic E-state index is 12.0. The number of esters is 1. The molecule has 124 valence electrons. The molecular formula is C18H19N3O3. The zero-order valence-electron chi connectivity index (χ0n) is 14.2. The van der Waals surface area contributed by atoms with Gasteiger partial charge in [-0.2, -0.15) is 5.26 Å². The van der Waals surface area contributed by atoms with Crippen LogP contribution >= 0.6 is 0 Å². The lowest BCUT2D eigenvalue weighted by atomic mass is 9.88. The fraction of sp³-hybridized carbons (Fsp3) is 0.389. The Hall–Kier alpha value is -2.65. The fourth-order valence-electron chi connectivity index (χ4n) is 2.93. The van der Waals surface area contributed by atoms with Crippen LogP contribution in [0.2, 0.25) is 0 Å². The highest BCUT2D eigenvalue weighted by Gasteiger charge is 2.39. The number of nitrogens with one attached hydrogen (secondary N) is 1. The van der Waals surface area contributed by atoms with Gasteiger partial charge in [0.05, 0.1) is 37.0 Å². The van der Waals surface area contributed by atoms with Crippen LogP contribution in [0.15, 0.2) is 12.1 Å². The van der Waals surface area contributed by atoms with Crippen LogP contribution in [0.1, 0.15) is 39.9 Å². The first kappa shape index (κ1) is 16.2. The number of hydrogen-bond donors (Lipinski definition) is 1. The first-order valence-electron chi connectivity index (χ1n) is 7.68. The lowest BCUT2D eigenvalue weighted by Crippen LogP contribution is -2.44. The quantitative estimate of drug-likeness (QED) is 0.876. The smallest absolute Gasteiger partial charge is 0.338 e. The monoisotopic (exact) mass is 325 g/mol. The fourth-order valence-corrected chi connectivity index (χ4v) is 2.93. The number of aromatic amines is 1. The van der Waals surface area contributed by atoms with Crippen LogP contribution in [0.4, 0.5) is 0 Å². The van der Waals surface area contributed by atoms with E-state index in [0.29, 0.717) is 30.2 Å². The number of hydrogen-bond acceptors (Lipinski definition) is 5. The van der Waals surface area contributed by atoms with E-state index in [1.165, 1.54) is 7.11 Å². The summed E-state index contributed by atoms with van der Waals surface area (Å²) in [6, 6.07) is 5.81. The number of H-pyrrole nitrogens is 1. The molecule has 0 amide bonds. The van der Waals surface area contributed by atoms with Crippen molar-refractivity contribution < 1.29 is 14.3 Å². The molecule has 1 saturated heterocycles. The Morgan fingerprint density at radius 1 is 1.38 bits per heavy atom. The Morgan fingerprint density at radius 2 is 2.08 bits per heavy atom. The predicted octanol–water partition coefficient (Wildman–Crippen LogP) is 2.64. The molecule has 24 heavy (non-hydrogen) atoms. The maximum atomic E-state index is 12.0. The standard InChI is InChI=1S/C18H19N3O3/c1-10-5-11(2)13(16(22)23-4)6-12(10)15-14(7-19)20-17(21-15)18(3)8-24-9-18/h5-6H,8-9H2,1-4H3,(H,20,21). The molecule has 1 aromatic heterocycles. The summed E-state index contributed by atoms with van der Waals surface area (Å²) in [7, 11) is 1.35. The molecule has 2 heterocycles. The molecule has 0 spiro atoms. The minimum absolute atomic E-state index is 0.201. The van der Waals surface area contributed by atoms with Crippen molar-refractivity contribution in [1.29, 1.82) is 5.26 Å². The van der Waals surface area contributed by atoms with Crippen LogP contribution < -0.4 is 0 Å². The van der Waals surface area contributed by atoms with Crippen molar-refractivity contribution in [3.05, 3.63) is 40.3 Å². The average molecular weight is 325 g/mol. The molecule has 2 aromatic rings. The number of imidazole rings is 1. The predicted molar refractivity (Wildman–Crippen MR) is 87.7 cm³/mol. The molecule has 0 bridgehead atoms. The van der Waals surface area contributed by atoms with Gasteiger partial charge in [0.15, 0.2) is 5.69 Å². The second-order valence-corrected chi connectivity index (χ2v) is 6.45. The van der Waals surface area contributed by atoms with Crippen LogP contribution in [0, 0.1) is 25.2 Å². The van der Waals surface area contributed by atoms with Crippen LogP contribution in [0.5, 0.6) is 0 Å². The molecule has 0 saturated carbocycles. The third-order valence-corrected chi connectivity index (χ3v) is 4.47. The molecule has 1 aliphatic rings. The molecule has 0 aliphatic carbocycles. The number of nitrogens with zero attached hydrogens (tertiary/aromatic N) is 2. The Kier molecular flexibility index (Phi) is 3.90. The van der Waals surface area contributed by atoms with E-state index >= 15 is 0 Å². The highest BCUT2D eigenvalue weighted by Crippen LogP contribution is 2.34. The molecule has 3 rings (SSSR count). The van der Waals surface area contributed by atoms with Crippen molar-refractivity contribution in [2.24, 2.45) is 0 Å². The molecule has 0 radical (unpaired) electrons. The molecular weight excluding hydrogens is 306 g/mol. The van der Waals surface area contributed by atoms with Crippen molar-refractivity contribution >= 4 is 5.97 Å². The number of aromatic nitrogens is 2. The first-order valence-corrected chi connectivity index (χ1v) is 7.68. The van der Waals surface area contributed by atoms with Gasteiger partial charge in [-0.3, -0.25) is 0 Å². The lowest BCUT2D eigenvalue weighted by Gasteiger charge is -2.36. The minimum Gasteiger partial charge on any atom is -0.465 e. The summed E-state index contributed by atoms with van der Waals surface area (Å²) in [5, 5.41) is 9.46. The molecule has 0 atom stereocenters. The third-order valence-electron chi connectivity index (χ3n) is 4.47. The van der Waals surface area contributed by atoms with Gasteiger partial charge >= 0.3 is 5.97 Å². The third kappa shape index (κ3) is 2.47. The molecule has 1 N–H and O–H groups in total. The Labute approximate surface area is 140 Å². The highest BCUT2D eigenvalue weighted by atomic mass is 16.5. The van der Waals surface area contributed by atoms with Gasteiger partial charge in [-0.1, -0.05) is 6.07 Å². The van der Waals surface area contributed by atoms with Crippen LogP contribution in [-0.4, -0.2) is 36.3 Å². The number of methoxy groups -OCH3 is 1. The number of rotatable bonds is 3. The summed E-state index contributed by atoms with van der Waals surface area (Å²) in [5.74, 6) is 0.339. The van der Waals surface area contributed by atoms with Crippen molar-refractivity contribution in [2.45, 2.75) is 26.2 Å². The topological polar surface area (TPSA) is 88.0 Å². The van der Waals surface area contributed by atoms with E-state index in [-0.39, 0.29) is 5.41 Å². The van der Waals surface area contributed by atoms with Gasteiger partial charge in [0.2, 0.25) is 0 Å². The number of benzene rings is 1. The van der Waals surface area contributed by atoms with E-state index in [2.05, 4.69) is 16.0 Å². The van der Waals surface area contributed by atoms with Crippen LogP contribution in [-0.2, 0) is 14.9 Å². The van der Waals surface area contributed by atoms with Crippen molar-refractivity contribution in [3.8, 4) is 17.3 Å². The molecule has 1 fully saturated rings. The second kappa shape index (κ2) is 5.77. The van der Waals surface area contributed by atoms with E-state index in [9.17, 15) is 10.1 Å². The number of carbonyl (C=O) groups excluding carboxylic acids is 1. The maximum Gasteiger partial charge on any atom is 0.338 e. The van der Waals surface area contributed by atoms with Gasteiger partial charge in [-0.15, -0.1) is 0 Å². The Morgan fingerprint density at radius 3 is 2.62 bits per heavy atom. The van der Waals surface area contributed by atoms with Gasteiger partial charge in [-0.05, 0) is 38.0 Å². The zero-order valence-corrected chi connectivity index (χ0v) is 14.2. The minimum atomic E-state index is -0.397. The average Bonchev–Trinajstić information content (AvgIpc) is 2.96. The highest BCUT2D eigenvalue weighted by molar-refractivity contribution is 5.93. The van der Waals surface area contributed by atoms with Crippen LogP contribution in [0.25, 0.3) is 11.3 Å². The van der Waals surface area contributed by atoms with E-state index in [0.717, 1.165) is 22.5 Å². The zero-order chi connectivity index (χ0) is 17.5. The molecule has 6 nitrogen and oxygen atoms in total. The van der Waals surface area contributed by atoms with Gasteiger partial charge < -0.3 is 14.5 Å². The van der Waals surface area contributed by atoms with Gasteiger partial charge in [0, 0.05) is 5.56 Å². The van der Waals surface area contributed by atoms with E-state index < -0.39 is 5.97 Å². The molecule has 1 aromatic carbocycles. The normalized spacial score (nSPS) is 15.5. The summed E-state index contributed by atoms with van der Waals surface area (Å²) in [6.07, 6.45) is 0. The Balaban J connectivity index is 2.15. The lowest BCUT2D eigenvalue weighted by molar-refractivity contribution is -0.0539. The van der Waals surface area contributed by atoms with Gasteiger partial charge in [0.25, 0.3) is 0 Å². The number of nitriles is 1. The number of ether oxygens (including phenoxy) is 2. The van der Waals surface area contributed by atoms with Crippen molar-refractivity contribution in [1.82, 2.24) is 9.97 Å². The largest absolute Gasteiger partial charge is 0.465 e. The van der Waals surface area contributed by atoms with E-state index in [4.69, 9.17) is 9.47 Å². The summed E-state index contributed by atoms with van der Waals surface area (Å²) in [4.78, 5) is 19.7. The summed E-state index contributed by atoms with van der Waals surface area (Å²) in [6.45, 7) is 7.00. The summed E-state index contributed by atoms with van der Waals surface area (Å²) in [5.41, 5.74) is 3.80. The Bertz CT molecular complexity index is 857. The number of carbonyl (C=O) groups is 1. The second-order valence-electron chi connectivity index (χ2n) is 6.45. The molecule has 1 aliphatic heterocycles.